The van der Waals surface area contributed by atoms with E-state index in [0.717, 1.165) is 6.20 Å². The number of carboxylic acids is 1. The summed E-state index contributed by atoms with van der Waals surface area (Å²) in [6, 6.07) is 6.00. The van der Waals surface area contributed by atoms with Crippen LogP contribution in [-0.4, -0.2) is 33.6 Å². The van der Waals surface area contributed by atoms with Crippen molar-refractivity contribution in [2.45, 2.75) is 6.43 Å². The van der Waals surface area contributed by atoms with Crippen molar-refractivity contribution in [1.82, 2.24) is 10.3 Å². The van der Waals surface area contributed by atoms with Crippen LogP contribution in [0.2, 0.25) is 5.02 Å². The van der Waals surface area contributed by atoms with Gasteiger partial charge in [0, 0.05) is 16.8 Å². The number of aromatic nitrogens is 1. The van der Waals surface area contributed by atoms with Gasteiger partial charge in [-0.05, 0) is 17.7 Å². The second-order valence-corrected chi connectivity index (χ2v) is 5.11. The summed E-state index contributed by atoms with van der Waals surface area (Å²) in [5.41, 5.74) is -1.26. The zero-order valence-corrected chi connectivity index (χ0v) is 12.7. The summed E-state index contributed by atoms with van der Waals surface area (Å²) in [5, 5.41) is 20.8. The molecule has 0 fully saturated rings. The Bertz CT molecular complexity index is 799. The van der Waals surface area contributed by atoms with E-state index in [1.165, 1.54) is 18.2 Å². The first-order valence-corrected chi connectivity index (χ1v) is 6.95. The van der Waals surface area contributed by atoms with Gasteiger partial charge >= 0.3 is 5.97 Å². The zero-order chi connectivity index (χ0) is 17.9. The van der Waals surface area contributed by atoms with E-state index in [9.17, 15) is 23.5 Å². The van der Waals surface area contributed by atoms with Gasteiger partial charge in [-0.1, -0.05) is 23.7 Å². The summed E-state index contributed by atoms with van der Waals surface area (Å²) in [4.78, 5) is 25.9. The van der Waals surface area contributed by atoms with Gasteiger partial charge in [0.25, 0.3) is 12.3 Å². The Labute approximate surface area is 139 Å². The van der Waals surface area contributed by atoms with Gasteiger partial charge in [0.05, 0.1) is 5.56 Å². The molecule has 126 valence electrons. The van der Waals surface area contributed by atoms with Crippen molar-refractivity contribution < 1.29 is 28.6 Å². The van der Waals surface area contributed by atoms with Crippen molar-refractivity contribution in [1.29, 1.82) is 0 Å². The fourth-order valence-electron chi connectivity index (χ4n) is 2.03. The van der Waals surface area contributed by atoms with Crippen LogP contribution in [0.5, 0.6) is 5.75 Å². The van der Waals surface area contributed by atoms with Crippen molar-refractivity contribution in [3.8, 4) is 16.9 Å². The maximum absolute atomic E-state index is 13.4. The topological polar surface area (TPSA) is 99.5 Å². The van der Waals surface area contributed by atoms with E-state index in [1.54, 1.807) is 6.07 Å². The van der Waals surface area contributed by atoms with E-state index >= 15 is 0 Å². The molecule has 2 rings (SSSR count). The van der Waals surface area contributed by atoms with Gasteiger partial charge in [0.15, 0.2) is 11.4 Å². The van der Waals surface area contributed by atoms with Gasteiger partial charge in [-0.2, -0.15) is 0 Å². The standard InChI is InChI=1S/C15H11ClF2N2O4/c16-8-3-1-2-7(4-8)9-5-19-12(13(23)11(9)14(17)18)15(24)20-6-10(21)22/h1-5,14,23H,6H2,(H,20,24)(H,21,22). The lowest BCUT2D eigenvalue weighted by Gasteiger charge is -2.13. The lowest BCUT2D eigenvalue weighted by Crippen LogP contribution is -2.30. The summed E-state index contributed by atoms with van der Waals surface area (Å²) < 4.78 is 26.8. The van der Waals surface area contributed by atoms with Crippen LogP contribution in [0.25, 0.3) is 11.1 Å². The van der Waals surface area contributed by atoms with Crippen molar-refractivity contribution >= 4 is 23.5 Å². The molecule has 6 nitrogen and oxygen atoms in total. The third kappa shape index (κ3) is 3.77. The molecule has 3 N–H and O–H groups in total. The van der Waals surface area contributed by atoms with Crippen molar-refractivity contribution in [3.63, 3.8) is 0 Å². The van der Waals surface area contributed by atoms with E-state index in [2.05, 4.69) is 4.98 Å². The van der Waals surface area contributed by atoms with Gasteiger partial charge in [-0.3, -0.25) is 9.59 Å². The second-order valence-electron chi connectivity index (χ2n) is 4.67. The number of aromatic hydroxyl groups is 1. The Morgan fingerprint density at radius 1 is 1.33 bits per heavy atom. The molecule has 0 aliphatic heterocycles. The number of pyridine rings is 1. The molecule has 0 aliphatic rings. The number of hydrogen-bond donors (Lipinski definition) is 3. The molecule has 0 atom stereocenters. The Morgan fingerprint density at radius 2 is 2.04 bits per heavy atom. The molecule has 0 saturated carbocycles. The number of aliphatic carboxylic acids is 1. The Hall–Kier alpha value is -2.74. The lowest BCUT2D eigenvalue weighted by molar-refractivity contribution is -0.135. The highest BCUT2D eigenvalue weighted by Gasteiger charge is 2.26. The molecule has 1 amide bonds. The number of nitrogens with zero attached hydrogens (tertiary/aromatic N) is 1. The lowest BCUT2D eigenvalue weighted by atomic mass is 10.00. The minimum absolute atomic E-state index is 0.0835. The average Bonchev–Trinajstić information content (AvgIpc) is 2.51. The summed E-state index contributed by atoms with van der Waals surface area (Å²) in [6.45, 7) is -0.736. The summed E-state index contributed by atoms with van der Waals surface area (Å²) >= 11 is 5.83. The quantitative estimate of drug-likeness (QED) is 0.765. The van der Waals surface area contributed by atoms with Gasteiger partial charge < -0.3 is 15.5 Å². The van der Waals surface area contributed by atoms with E-state index in [0.29, 0.717) is 5.02 Å². The molecular weight excluding hydrogens is 346 g/mol. The third-order valence-electron chi connectivity index (χ3n) is 3.06. The van der Waals surface area contributed by atoms with Crippen LogP contribution in [0.3, 0.4) is 0 Å². The number of halogens is 3. The zero-order valence-electron chi connectivity index (χ0n) is 12.0. The highest BCUT2D eigenvalue weighted by Crippen LogP contribution is 2.38. The first kappa shape index (κ1) is 17.6. The van der Waals surface area contributed by atoms with Crippen LogP contribution in [0.1, 0.15) is 22.5 Å². The van der Waals surface area contributed by atoms with Crippen molar-refractivity contribution in [3.05, 3.63) is 46.7 Å². The largest absolute Gasteiger partial charge is 0.505 e. The molecule has 2 aromatic rings. The molecule has 1 aromatic carbocycles. The number of carbonyl (C=O) groups is 2. The van der Waals surface area contributed by atoms with Gasteiger partial charge in [-0.15, -0.1) is 0 Å². The highest BCUT2D eigenvalue weighted by atomic mass is 35.5. The fraction of sp³-hybridized carbons (Fsp3) is 0.133. The molecule has 0 bridgehead atoms. The summed E-state index contributed by atoms with van der Waals surface area (Å²) in [7, 11) is 0. The van der Waals surface area contributed by atoms with Crippen molar-refractivity contribution in [2.24, 2.45) is 0 Å². The molecule has 1 heterocycles. The number of carbonyl (C=O) groups excluding carboxylic acids is 1. The molecule has 0 radical (unpaired) electrons. The normalized spacial score (nSPS) is 10.7. The first-order valence-electron chi connectivity index (χ1n) is 6.57. The minimum atomic E-state index is -3.09. The number of nitrogens with one attached hydrogen (secondary N) is 1. The number of rotatable bonds is 5. The molecule has 0 spiro atoms. The number of benzene rings is 1. The van der Waals surface area contributed by atoms with E-state index in [1.807, 2.05) is 5.32 Å². The average molecular weight is 357 g/mol. The van der Waals surface area contributed by atoms with Crippen LogP contribution in [0, 0.1) is 0 Å². The summed E-state index contributed by atoms with van der Waals surface area (Å²) in [5.74, 6) is -3.41. The van der Waals surface area contributed by atoms with Crippen LogP contribution >= 0.6 is 11.6 Å². The van der Waals surface area contributed by atoms with Gasteiger partial charge in [-0.25, -0.2) is 13.8 Å². The molecule has 1 aromatic heterocycles. The molecule has 24 heavy (non-hydrogen) atoms. The molecule has 0 aliphatic carbocycles. The summed E-state index contributed by atoms with van der Waals surface area (Å²) in [6.07, 6.45) is -2.09. The number of alkyl halides is 2. The molecule has 0 saturated heterocycles. The Kier molecular flexibility index (Phi) is 5.30. The second kappa shape index (κ2) is 7.22. The van der Waals surface area contributed by atoms with E-state index < -0.39 is 41.9 Å². The predicted molar refractivity (Wildman–Crippen MR) is 81.3 cm³/mol. The fourth-order valence-corrected chi connectivity index (χ4v) is 2.22. The minimum Gasteiger partial charge on any atom is -0.505 e. The van der Waals surface area contributed by atoms with Crippen LogP contribution < -0.4 is 5.32 Å². The van der Waals surface area contributed by atoms with Crippen LogP contribution in [-0.2, 0) is 4.79 Å². The van der Waals surface area contributed by atoms with Gasteiger partial charge in [0.1, 0.15) is 6.54 Å². The third-order valence-corrected chi connectivity index (χ3v) is 3.30. The SMILES string of the molecule is O=C(O)CNC(=O)c1ncc(-c2cccc(Cl)c2)c(C(F)F)c1O. The molecule has 0 unspecified atom stereocenters. The molecule has 9 heteroatoms. The smallest absolute Gasteiger partial charge is 0.322 e. The van der Waals surface area contributed by atoms with Crippen LogP contribution in [0.15, 0.2) is 30.5 Å². The first-order chi connectivity index (χ1) is 11.3. The highest BCUT2D eigenvalue weighted by molar-refractivity contribution is 6.30. The van der Waals surface area contributed by atoms with E-state index in [4.69, 9.17) is 16.7 Å². The molecular formula is C15H11ClF2N2O4. The van der Waals surface area contributed by atoms with E-state index in [-0.39, 0.29) is 11.1 Å². The maximum atomic E-state index is 13.4. The maximum Gasteiger partial charge on any atom is 0.322 e. The number of carboxylic acid groups (broad SMARTS) is 1. The van der Waals surface area contributed by atoms with Crippen molar-refractivity contribution in [2.75, 3.05) is 6.54 Å². The predicted octanol–water partition coefficient (Wildman–Crippen LogP) is 2.86. The Balaban J connectivity index is 2.51. The number of hydrogen-bond acceptors (Lipinski definition) is 4. The Morgan fingerprint density at radius 3 is 2.62 bits per heavy atom. The van der Waals surface area contributed by atoms with Crippen LogP contribution in [0.4, 0.5) is 8.78 Å². The monoisotopic (exact) mass is 356 g/mol. The number of amides is 1. The van der Waals surface area contributed by atoms with Gasteiger partial charge in [0.2, 0.25) is 0 Å².